The zero-order valence-corrected chi connectivity index (χ0v) is 13.7. The highest BCUT2D eigenvalue weighted by atomic mass is 35.5. The molecular formula is C17H12ClFN4O2. The van der Waals surface area contributed by atoms with Gasteiger partial charge in [0, 0.05) is 5.92 Å². The lowest BCUT2D eigenvalue weighted by atomic mass is 10.0. The number of rotatable bonds is 4. The molecule has 0 radical (unpaired) electrons. The van der Waals surface area contributed by atoms with E-state index < -0.39 is 11.5 Å². The highest BCUT2D eigenvalue weighted by Crippen LogP contribution is 2.45. The van der Waals surface area contributed by atoms with Crippen molar-refractivity contribution in [1.29, 1.82) is 0 Å². The van der Waals surface area contributed by atoms with Gasteiger partial charge in [0.1, 0.15) is 5.82 Å². The van der Waals surface area contributed by atoms with E-state index in [0.717, 1.165) is 17.4 Å². The van der Waals surface area contributed by atoms with Crippen LogP contribution in [0.15, 0.2) is 23.0 Å². The molecule has 126 valence electrons. The lowest BCUT2D eigenvalue weighted by Crippen LogP contribution is -2.20. The number of H-pyrrole nitrogens is 1. The summed E-state index contributed by atoms with van der Waals surface area (Å²) in [5, 5.41) is 4.41. The number of nitrogens with one attached hydrogen (secondary N) is 1. The smallest absolute Gasteiger partial charge is 0.352 e. The molecule has 0 aliphatic heterocycles. The van der Waals surface area contributed by atoms with E-state index >= 15 is 0 Å². The Balaban J connectivity index is 1.98. The summed E-state index contributed by atoms with van der Waals surface area (Å²) in [5.74, 6) is 1.99. The summed E-state index contributed by atoms with van der Waals surface area (Å²) in [7, 11) is 0. The Hall–Kier alpha value is -2.85. The van der Waals surface area contributed by atoms with Gasteiger partial charge >= 0.3 is 11.7 Å². The number of nitrogens with zero attached hydrogens (tertiary/aromatic N) is 3. The highest BCUT2D eigenvalue weighted by Gasteiger charge is 2.32. The van der Waals surface area contributed by atoms with Crippen molar-refractivity contribution in [3.8, 4) is 29.5 Å². The van der Waals surface area contributed by atoms with Gasteiger partial charge in [-0.15, -0.1) is 6.42 Å². The fourth-order valence-corrected chi connectivity index (χ4v) is 2.81. The van der Waals surface area contributed by atoms with Crippen molar-refractivity contribution in [1.82, 2.24) is 19.6 Å². The molecule has 2 heterocycles. The average molecular weight is 359 g/mol. The molecule has 1 fully saturated rings. The molecule has 4 rings (SSSR count). The van der Waals surface area contributed by atoms with Crippen LogP contribution in [0.1, 0.15) is 24.5 Å². The molecule has 0 bridgehead atoms. The standard InChI is InChI=1S/C17H12ClFN4O2/c1-2-7-25-16-20-15-13(10-5-6-11(18)12(19)8-10)14(9-3-4-9)22-23(15)17(24)21-16/h1,5-6,8-9H,3-4,7H2,(H,20,21,24). The van der Waals surface area contributed by atoms with Gasteiger partial charge in [-0.05, 0) is 30.5 Å². The Bertz CT molecular complexity index is 1080. The number of hydrogen-bond donors (Lipinski definition) is 1. The molecule has 0 spiro atoms. The maximum absolute atomic E-state index is 14.0. The van der Waals surface area contributed by atoms with E-state index in [0.29, 0.717) is 22.5 Å². The molecule has 0 amide bonds. The van der Waals surface area contributed by atoms with E-state index in [-0.39, 0.29) is 23.6 Å². The number of hydrogen-bond acceptors (Lipinski definition) is 4. The third kappa shape index (κ3) is 2.75. The summed E-state index contributed by atoms with van der Waals surface area (Å²) in [5.41, 5.74) is 1.67. The Morgan fingerprint density at radius 3 is 2.96 bits per heavy atom. The van der Waals surface area contributed by atoms with Crippen molar-refractivity contribution in [2.75, 3.05) is 6.61 Å². The van der Waals surface area contributed by atoms with Crippen LogP contribution in [0.3, 0.4) is 0 Å². The van der Waals surface area contributed by atoms with Gasteiger partial charge in [-0.2, -0.15) is 14.6 Å². The first kappa shape index (κ1) is 15.7. The van der Waals surface area contributed by atoms with Crippen LogP contribution in [-0.4, -0.2) is 26.2 Å². The van der Waals surface area contributed by atoms with Crippen LogP contribution in [0.2, 0.25) is 5.02 Å². The number of aromatic nitrogens is 4. The van der Waals surface area contributed by atoms with Crippen molar-refractivity contribution in [2.45, 2.75) is 18.8 Å². The Labute approximate surface area is 146 Å². The van der Waals surface area contributed by atoms with Gasteiger partial charge in [-0.3, -0.25) is 4.98 Å². The fraction of sp³-hybridized carbons (Fsp3) is 0.235. The van der Waals surface area contributed by atoms with Gasteiger partial charge in [0.25, 0.3) is 0 Å². The molecule has 6 nitrogen and oxygen atoms in total. The van der Waals surface area contributed by atoms with Crippen LogP contribution in [0.5, 0.6) is 6.01 Å². The van der Waals surface area contributed by atoms with Crippen molar-refractivity contribution in [3.05, 3.63) is 45.2 Å². The van der Waals surface area contributed by atoms with Crippen LogP contribution in [-0.2, 0) is 0 Å². The maximum Gasteiger partial charge on any atom is 0.352 e. The molecule has 1 aliphatic carbocycles. The van der Waals surface area contributed by atoms with Crippen LogP contribution in [0.4, 0.5) is 4.39 Å². The summed E-state index contributed by atoms with van der Waals surface area (Å²) in [6, 6.07) is 4.46. The number of fused-ring (bicyclic) bond motifs is 1. The largest absolute Gasteiger partial charge is 0.451 e. The molecule has 0 atom stereocenters. The van der Waals surface area contributed by atoms with Gasteiger partial charge in [0.05, 0.1) is 16.3 Å². The summed E-state index contributed by atoms with van der Waals surface area (Å²) in [6.07, 6.45) is 7.09. The maximum atomic E-state index is 14.0. The van der Waals surface area contributed by atoms with Gasteiger partial charge in [0.15, 0.2) is 12.3 Å². The molecule has 8 heteroatoms. The molecule has 1 N–H and O–H groups in total. The van der Waals surface area contributed by atoms with Crippen LogP contribution in [0.25, 0.3) is 16.8 Å². The predicted octanol–water partition coefficient (Wildman–Crippen LogP) is 2.77. The number of terminal acetylenes is 1. The first-order valence-corrected chi connectivity index (χ1v) is 8.01. The third-order valence-electron chi connectivity index (χ3n) is 3.97. The lowest BCUT2D eigenvalue weighted by molar-refractivity contribution is 0.337. The monoisotopic (exact) mass is 358 g/mol. The first-order chi connectivity index (χ1) is 12.1. The molecule has 0 saturated heterocycles. The molecular weight excluding hydrogens is 347 g/mol. The minimum atomic E-state index is -0.547. The predicted molar refractivity (Wildman–Crippen MR) is 90.3 cm³/mol. The molecule has 3 aromatic rings. The third-order valence-corrected chi connectivity index (χ3v) is 4.27. The SMILES string of the molecule is C#CCOc1nc2c(-c3ccc(Cl)c(F)c3)c(C3CC3)nn2c(=O)[nH]1. The topological polar surface area (TPSA) is 72.3 Å². The van der Waals surface area contributed by atoms with E-state index in [1.54, 1.807) is 6.07 Å². The quantitative estimate of drug-likeness (QED) is 0.728. The highest BCUT2D eigenvalue weighted by molar-refractivity contribution is 6.30. The second kappa shape index (κ2) is 5.90. The fourth-order valence-electron chi connectivity index (χ4n) is 2.69. The summed E-state index contributed by atoms with van der Waals surface area (Å²) >= 11 is 5.78. The van der Waals surface area contributed by atoms with E-state index in [4.69, 9.17) is 22.8 Å². The molecule has 1 saturated carbocycles. The summed E-state index contributed by atoms with van der Waals surface area (Å²) in [4.78, 5) is 19.1. The molecule has 2 aromatic heterocycles. The van der Waals surface area contributed by atoms with Crippen molar-refractivity contribution < 1.29 is 9.13 Å². The van der Waals surface area contributed by atoms with Crippen molar-refractivity contribution in [2.24, 2.45) is 0 Å². The number of ether oxygens (including phenoxy) is 1. The van der Waals surface area contributed by atoms with Crippen molar-refractivity contribution >= 4 is 17.2 Å². The molecule has 1 aliphatic rings. The molecule has 25 heavy (non-hydrogen) atoms. The van der Waals surface area contributed by atoms with Gasteiger partial charge < -0.3 is 4.74 Å². The minimum Gasteiger partial charge on any atom is -0.451 e. The Kier molecular flexibility index (Phi) is 3.70. The van der Waals surface area contributed by atoms with Crippen LogP contribution in [0, 0.1) is 18.2 Å². The summed E-state index contributed by atoms with van der Waals surface area (Å²) in [6.45, 7) is -0.0341. The normalized spacial score (nSPS) is 13.8. The van der Waals surface area contributed by atoms with E-state index in [1.165, 1.54) is 12.1 Å². The van der Waals surface area contributed by atoms with Gasteiger partial charge in [-0.1, -0.05) is 23.6 Å². The van der Waals surface area contributed by atoms with E-state index in [9.17, 15) is 9.18 Å². The average Bonchev–Trinajstić information content (AvgIpc) is 3.36. The number of halogens is 2. The molecule has 1 aromatic carbocycles. The van der Waals surface area contributed by atoms with Crippen LogP contribution >= 0.6 is 11.6 Å². The zero-order valence-electron chi connectivity index (χ0n) is 12.9. The first-order valence-electron chi connectivity index (χ1n) is 7.63. The van der Waals surface area contributed by atoms with Crippen LogP contribution < -0.4 is 10.4 Å². The zero-order chi connectivity index (χ0) is 17.6. The second-order valence-electron chi connectivity index (χ2n) is 5.74. The van der Waals surface area contributed by atoms with Crippen molar-refractivity contribution in [3.63, 3.8) is 0 Å². The Morgan fingerprint density at radius 1 is 1.48 bits per heavy atom. The summed E-state index contributed by atoms with van der Waals surface area (Å²) < 4.78 is 20.3. The number of benzene rings is 1. The van der Waals surface area contributed by atoms with Gasteiger partial charge in [-0.25, -0.2) is 9.18 Å². The van der Waals surface area contributed by atoms with E-state index in [2.05, 4.69) is 21.0 Å². The van der Waals surface area contributed by atoms with Gasteiger partial charge in [0.2, 0.25) is 0 Å². The molecule has 0 unspecified atom stereocenters. The minimum absolute atomic E-state index is 0.00613. The second-order valence-corrected chi connectivity index (χ2v) is 6.15. The number of aromatic amines is 1. The Morgan fingerprint density at radius 2 is 2.28 bits per heavy atom. The van der Waals surface area contributed by atoms with E-state index in [1.807, 2.05) is 0 Å². The lowest BCUT2D eigenvalue weighted by Gasteiger charge is -2.05.